The zero-order valence-electron chi connectivity index (χ0n) is 12.6. The third-order valence-corrected chi connectivity index (χ3v) is 3.24. The van der Waals surface area contributed by atoms with Gasteiger partial charge in [0.1, 0.15) is 12.4 Å². The molecule has 0 saturated carbocycles. The van der Waals surface area contributed by atoms with Crippen LogP contribution < -0.4 is 10.1 Å². The Hall–Kier alpha value is -2.06. The standard InChI is InChI=1S/C19H23NO/c1-3-20-14-16(2)15-21-19-11-9-18(10-12-19)13-17-7-5-4-6-8-17/h4-12,20H,2-3,13-15H2,1H3. The minimum absolute atomic E-state index is 0.561. The summed E-state index contributed by atoms with van der Waals surface area (Å²) in [4.78, 5) is 0. The van der Waals surface area contributed by atoms with E-state index in [1.54, 1.807) is 0 Å². The molecule has 0 aromatic heterocycles. The van der Waals surface area contributed by atoms with Crippen LogP contribution in [0.4, 0.5) is 0 Å². The average molecular weight is 281 g/mol. The Morgan fingerprint density at radius 3 is 2.33 bits per heavy atom. The second-order valence-corrected chi connectivity index (χ2v) is 5.13. The van der Waals surface area contributed by atoms with Crippen molar-refractivity contribution in [3.63, 3.8) is 0 Å². The molecule has 0 spiro atoms. The van der Waals surface area contributed by atoms with E-state index in [-0.39, 0.29) is 0 Å². The molecule has 0 aliphatic heterocycles. The van der Waals surface area contributed by atoms with Crippen molar-refractivity contribution in [3.05, 3.63) is 77.9 Å². The number of hydrogen-bond donors (Lipinski definition) is 1. The van der Waals surface area contributed by atoms with Gasteiger partial charge in [0.15, 0.2) is 0 Å². The lowest BCUT2D eigenvalue weighted by molar-refractivity contribution is 0.348. The average Bonchev–Trinajstić information content (AvgIpc) is 2.53. The molecule has 2 rings (SSSR count). The molecule has 21 heavy (non-hydrogen) atoms. The molecule has 0 unspecified atom stereocenters. The Morgan fingerprint density at radius 1 is 1.00 bits per heavy atom. The lowest BCUT2D eigenvalue weighted by atomic mass is 10.1. The SMILES string of the molecule is C=C(CNCC)COc1ccc(Cc2ccccc2)cc1. The second kappa shape index (κ2) is 8.28. The highest BCUT2D eigenvalue weighted by Crippen LogP contribution is 2.15. The number of ether oxygens (including phenoxy) is 1. The van der Waals surface area contributed by atoms with Gasteiger partial charge in [-0.3, -0.25) is 0 Å². The van der Waals surface area contributed by atoms with Crippen LogP contribution in [0.1, 0.15) is 18.1 Å². The highest BCUT2D eigenvalue weighted by atomic mass is 16.5. The van der Waals surface area contributed by atoms with E-state index < -0.39 is 0 Å². The molecule has 2 aromatic rings. The molecule has 2 nitrogen and oxygen atoms in total. The molecule has 2 heteroatoms. The predicted octanol–water partition coefficient (Wildman–Crippen LogP) is 3.82. The van der Waals surface area contributed by atoms with Crippen molar-refractivity contribution in [1.29, 1.82) is 0 Å². The van der Waals surface area contributed by atoms with Crippen LogP contribution in [0.3, 0.4) is 0 Å². The normalized spacial score (nSPS) is 10.3. The summed E-state index contributed by atoms with van der Waals surface area (Å²) < 4.78 is 5.73. The fraction of sp³-hybridized carbons (Fsp3) is 0.263. The van der Waals surface area contributed by atoms with Crippen molar-refractivity contribution >= 4 is 0 Å². The Balaban J connectivity index is 1.83. The highest BCUT2D eigenvalue weighted by Gasteiger charge is 1.99. The topological polar surface area (TPSA) is 21.3 Å². The van der Waals surface area contributed by atoms with Crippen LogP contribution in [-0.4, -0.2) is 19.7 Å². The zero-order chi connectivity index (χ0) is 14.9. The fourth-order valence-corrected chi connectivity index (χ4v) is 2.07. The van der Waals surface area contributed by atoms with E-state index in [1.807, 2.05) is 18.2 Å². The summed E-state index contributed by atoms with van der Waals surface area (Å²) in [5.74, 6) is 0.893. The first kappa shape index (κ1) is 15.3. The number of rotatable bonds is 8. The van der Waals surface area contributed by atoms with Gasteiger partial charge >= 0.3 is 0 Å². The Labute approximate surface area is 127 Å². The summed E-state index contributed by atoms with van der Waals surface area (Å²) in [7, 11) is 0. The number of likely N-dealkylation sites (N-methyl/N-ethyl adjacent to an activating group) is 1. The van der Waals surface area contributed by atoms with Crippen molar-refractivity contribution in [3.8, 4) is 5.75 Å². The van der Waals surface area contributed by atoms with Crippen molar-refractivity contribution in [2.45, 2.75) is 13.3 Å². The molecule has 0 fully saturated rings. The van der Waals surface area contributed by atoms with E-state index >= 15 is 0 Å². The molecular formula is C19H23NO. The number of benzene rings is 2. The molecule has 0 saturated heterocycles. The molecule has 0 radical (unpaired) electrons. The van der Waals surface area contributed by atoms with Crippen molar-refractivity contribution < 1.29 is 4.74 Å². The van der Waals surface area contributed by atoms with Crippen molar-refractivity contribution in [2.24, 2.45) is 0 Å². The van der Waals surface area contributed by atoms with E-state index in [0.717, 1.165) is 30.8 Å². The summed E-state index contributed by atoms with van der Waals surface area (Å²) >= 11 is 0. The molecule has 0 bridgehead atoms. The van der Waals surface area contributed by atoms with Crippen LogP contribution in [0, 0.1) is 0 Å². The maximum atomic E-state index is 5.73. The Kier molecular flexibility index (Phi) is 6.04. The summed E-state index contributed by atoms with van der Waals surface area (Å²) in [6.45, 7) is 8.40. The lowest BCUT2D eigenvalue weighted by Gasteiger charge is -2.10. The predicted molar refractivity (Wildman–Crippen MR) is 88.9 cm³/mol. The van der Waals surface area contributed by atoms with Gasteiger partial charge in [-0.05, 0) is 41.8 Å². The van der Waals surface area contributed by atoms with Crippen LogP contribution in [0.2, 0.25) is 0 Å². The molecular weight excluding hydrogens is 258 g/mol. The van der Waals surface area contributed by atoms with Gasteiger partial charge in [0, 0.05) is 6.54 Å². The fourth-order valence-electron chi connectivity index (χ4n) is 2.07. The highest BCUT2D eigenvalue weighted by molar-refractivity contribution is 5.31. The van der Waals surface area contributed by atoms with E-state index in [4.69, 9.17) is 4.74 Å². The van der Waals surface area contributed by atoms with E-state index in [1.165, 1.54) is 11.1 Å². The minimum Gasteiger partial charge on any atom is -0.489 e. The first-order valence-electron chi connectivity index (χ1n) is 7.41. The third kappa shape index (κ3) is 5.44. The maximum absolute atomic E-state index is 5.73. The van der Waals surface area contributed by atoms with E-state index in [9.17, 15) is 0 Å². The molecule has 0 heterocycles. The van der Waals surface area contributed by atoms with Gasteiger partial charge in [-0.2, -0.15) is 0 Å². The van der Waals surface area contributed by atoms with Gasteiger partial charge in [0.05, 0.1) is 0 Å². The summed E-state index contributed by atoms with van der Waals surface area (Å²) in [5, 5.41) is 3.24. The lowest BCUT2D eigenvalue weighted by Crippen LogP contribution is -2.18. The van der Waals surface area contributed by atoms with Gasteiger partial charge in [-0.25, -0.2) is 0 Å². The third-order valence-electron chi connectivity index (χ3n) is 3.24. The largest absolute Gasteiger partial charge is 0.489 e. The number of hydrogen-bond acceptors (Lipinski definition) is 2. The molecule has 110 valence electrons. The summed E-state index contributed by atoms with van der Waals surface area (Å²) in [5.41, 5.74) is 3.68. The molecule has 0 aliphatic carbocycles. The Bertz CT molecular complexity index is 546. The van der Waals surface area contributed by atoms with Crippen LogP contribution in [-0.2, 0) is 6.42 Å². The van der Waals surface area contributed by atoms with Gasteiger partial charge in [0.2, 0.25) is 0 Å². The molecule has 0 amide bonds. The van der Waals surface area contributed by atoms with E-state index in [2.05, 4.69) is 55.2 Å². The van der Waals surface area contributed by atoms with Crippen LogP contribution in [0.5, 0.6) is 5.75 Å². The summed E-state index contributed by atoms with van der Waals surface area (Å²) in [6, 6.07) is 18.8. The molecule has 2 aromatic carbocycles. The summed E-state index contributed by atoms with van der Waals surface area (Å²) in [6.07, 6.45) is 0.953. The van der Waals surface area contributed by atoms with Crippen LogP contribution in [0.25, 0.3) is 0 Å². The quantitative estimate of drug-likeness (QED) is 0.743. The van der Waals surface area contributed by atoms with Gasteiger partial charge in [-0.1, -0.05) is 56.0 Å². The van der Waals surface area contributed by atoms with Gasteiger partial charge in [0.25, 0.3) is 0 Å². The van der Waals surface area contributed by atoms with Gasteiger partial charge in [-0.15, -0.1) is 0 Å². The monoisotopic (exact) mass is 281 g/mol. The van der Waals surface area contributed by atoms with Crippen molar-refractivity contribution in [1.82, 2.24) is 5.32 Å². The van der Waals surface area contributed by atoms with E-state index in [0.29, 0.717) is 6.61 Å². The molecule has 0 atom stereocenters. The first-order chi connectivity index (χ1) is 10.3. The zero-order valence-corrected chi connectivity index (χ0v) is 12.6. The maximum Gasteiger partial charge on any atom is 0.119 e. The van der Waals surface area contributed by atoms with Crippen molar-refractivity contribution in [2.75, 3.05) is 19.7 Å². The second-order valence-electron chi connectivity index (χ2n) is 5.13. The van der Waals surface area contributed by atoms with Gasteiger partial charge < -0.3 is 10.1 Å². The Morgan fingerprint density at radius 2 is 1.67 bits per heavy atom. The first-order valence-corrected chi connectivity index (χ1v) is 7.41. The van der Waals surface area contributed by atoms with Crippen LogP contribution in [0.15, 0.2) is 66.7 Å². The molecule has 0 aliphatic rings. The number of nitrogens with one attached hydrogen (secondary N) is 1. The molecule has 1 N–H and O–H groups in total. The van der Waals surface area contributed by atoms with Crippen LogP contribution >= 0.6 is 0 Å². The minimum atomic E-state index is 0.561. The smallest absolute Gasteiger partial charge is 0.119 e.